The number of nitrogens with one attached hydrogen (secondary N) is 1. The fourth-order valence-electron chi connectivity index (χ4n) is 1.84. The summed E-state index contributed by atoms with van der Waals surface area (Å²) in [6, 6.07) is 11.6. The van der Waals surface area contributed by atoms with Crippen LogP contribution in [0.5, 0.6) is 0 Å². The molecule has 0 heterocycles. The molecule has 0 radical (unpaired) electrons. The fraction of sp³-hybridized carbons (Fsp3) is 0.133. The van der Waals surface area contributed by atoms with Crippen LogP contribution in [0.25, 0.3) is 0 Å². The van der Waals surface area contributed by atoms with E-state index in [9.17, 15) is 17.6 Å². The van der Waals surface area contributed by atoms with Gasteiger partial charge in [0.05, 0.1) is 11.4 Å². The van der Waals surface area contributed by atoms with Gasteiger partial charge in [0, 0.05) is 17.2 Å². The molecule has 23 heavy (non-hydrogen) atoms. The smallest absolute Gasteiger partial charge is 0.244 e. The second-order valence-electron chi connectivity index (χ2n) is 4.75. The van der Waals surface area contributed by atoms with E-state index < -0.39 is 21.7 Å². The van der Waals surface area contributed by atoms with Crippen molar-refractivity contribution in [1.82, 2.24) is 4.31 Å². The van der Waals surface area contributed by atoms with Gasteiger partial charge >= 0.3 is 0 Å². The van der Waals surface area contributed by atoms with Gasteiger partial charge in [0.2, 0.25) is 15.9 Å². The first-order valence-corrected chi connectivity index (χ1v) is 8.80. The zero-order valence-corrected chi connectivity index (χ0v) is 14.6. The Morgan fingerprint density at radius 2 is 1.78 bits per heavy atom. The van der Waals surface area contributed by atoms with Crippen LogP contribution in [-0.4, -0.2) is 32.2 Å². The number of halogens is 2. The number of benzene rings is 2. The first-order valence-electron chi connectivity index (χ1n) is 6.57. The van der Waals surface area contributed by atoms with Crippen LogP contribution in [0.15, 0.2) is 57.9 Å². The Bertz CT molecular complexity index is 810. The van der Waals surface area contributed by atoms with Crippen molar-refractivity contribution < 1.29 is 17.6 Å². The molecule has 1 N–H and O–H groups in total. The molecule has 0 aliphatic heterocycles. The van der Waals surface area contributed by atoms with E-state index in [4.69, 9.17) is 0 Å². The Kier molecular flexibility index (Phi) is 5.51. The summed E-state index contributed by atoms with van der Waals surface area (Å²) in [5.41, 5.74) is 0.392. The van der Waals surface area contributed by atoms with E-state index in [1.54, 1.807) is 18.2 Å². The highest BCUT2D eigenvalue weighted by Gasteiger charge is 2.24. The predicted octanol–water partition coefficient (Wildman–Crippen LogP) is 2.85. The largest absolute Gasteiger partial charge is 0.325 e. The van der Waals surface area contributed by atoms with Gasteiger partial charge in [0.15, 0.2) is 0 Å². The summed E-state index contributed by atoms with van der Waals surface area (Å²) in [6.45, 7) is -0.360. The Morgan fingerprint density at radius 1 is 1.17 bits per heavy atom. The fourth-order valence-corrected chi connectivity index (χ4v) is 3.93. The molecule has 2 aromatic rings. The van der Waals surface area contributed by atoms with Crippen LogP contribution in [-0.2, 0) is 14.8 Å². The van der Waals surface area contributed by atoms with E-state index in [0.717, 1.165) is 4.31 Å². The molecule has 0 aliphatic carbocycles. The molecule has 1 amide bonds. The molecule has 0 bridgehead atoms. The summed E-state index contributed by atoms with van der Waals surface area (Å²) < 4.78 is 39.1. The number of sulfonamides is 1. The molecule has 0 spiro atoms. The van der Waals surface area contributed by atoms with E-state index in [0.29, 0.717) is 10.2 Å². The number of carbonyl (C=O) groups is 1. The van der Waals surface area contributed by atoms with Crippen molar-refractivity contribution in [3.8, 4) is 0 Å². The minimum atomic E-state index is -3.80. The number of anilines is 1. The second kappa shape index (κ2) is 7.20. The van der Waals surface area contributed by atoms with Crippen LogP contribution in [0.1, 0.15) is 0 Å². The van der Waals surface area contributed by atoms with E-state index >= 15 is 0 Å². The molecule has 8 heteroatoms. The zero-order chi connectivity index (χ0) is 17.0. The number of likely N-dealkylation sites (N-methyl/N-ethyl adjacent to an activating group) is 1. The number of carbonyl (C=O) groups excluding carboxylic acids is 1. The number of rotatable bonds is 5. The maximum absolute atomic E-state index is 12.8. The van der Waals surface area contributed by atoms with Gasteiger partial charge < -0.3 is 5.32 Å². The zero-order valence-electron chi connectivity index (χ0n) is 12.2. The first kappa shape index (κ1) is 17.6. The van der Waals surface area contributed by atoms with Gasteiger partial charge in [-0.05, 0) is 52.3 Å². The molecule has 0 aromatic heterocycles. The number of hydrogen-bond acceptors (Lipinski definition) is 3. The maximum atomic E-state index is 12.8. The van der Waals surface area contributed by atoms with E-state index in [-0.39, 0.29) is 11.4 Å². The molecule has 0 aliphatic rings. The molecule has 0 atom stereocenters. The Hall–Kier alpha value is -1.77. The van der Waals surface area contributed by atoms with Crippen LogP contribution in [0, 0.1) is 5.82 Å². The molecule has 5 nitrogen and oxygen atoms in total. The van der Waals surface area contributed by atoms with Crippen LogP contribution >= 0.6 is 15.9 Å². The predicted molar refractivity (Wildman–Crippen MR) is 89.0 cm³/mol. The molecular formula is C15H14BrFN2O3S. The SMILES string of the molecule is CN(CC(=O)Nc1ccc(F)cc1)S(=O)(=O)c1ccccc1Br. The van der Waals surface area contributed by atoms with Crippen LogP contribution in [0.3, 0.4) is 0 Å². The van der Waals surface area contributed by atoms with Crippen molar-refractivity contribution >= 4 is 37.5 Å². The van der Waals surface area contributed by atoms with Crippen molar-refractivity contribution in [3.05, 3.63) is 58.8 Å². The highest BCUT2D eigenvalue weighted by atomic mass is 79.9. The summed E-state index contributed by atoms with van der Waals surface area (Å²) in [5.74, 6) is -0.939. The van der Waals surface area contributed by atoms with Crippen molar-refractivity contribution in [2.45, 2.75) is 4.90 Å². The van der Waals surface area contributed by atoms with Gasteiger partial charge in [-0.15, -0.1) is 0 Å². The molecule has 122 valence electrons. The average molecular weight is 401 g/mol. The number of hydrogen-bond donors (Lipinski definition) is 1. The minimum absolute atomic E-state index is 0.0806. The van der Waals surface area contributed by atoms with Crippen LogP contribution in [0.2, 0.25) is 0 Å². The summed E-state index contributed by atoms with van der Waals surface area (Å²) >= 11 is 3.19. The van der Waals surface area contributed by atoms with Gasteiger partial charge in [-0.2, -0.15) is 4.31 Å². The Morgan fingerprint density at radius 3 is 2.39 bits per heavy atom. The highest BCUT2D eigenvalue weighted by molar-refractivity contribution is 9.10. The lowest BCUT2D eigenvalue weighted by Crippen LogP contribution is -2.35. The number of amides is 1. The van der Waals surface area contributed by atoms with Gasteiger partial charge in [-0.3, -0.25) is 4.79 Å². The lowest BCUT2D eigenvalue weighted by atomic mass is 10.3. The van der Waals surface area contributed by atoms with Gasteiger partial charge in [0.1, 0.15) is 5.82 Å². The Labute approximate surface area is 142 Å². The molecule has 2 aromatic carbocycles. The highest BCUT2D eigenvalue weighted by Crippen LogP contribution is 2.23. The van der Waals surface area contributed by atoms with E-state index in [1.165, 1.54) is 37.4 Å². The minimum Gasteiger partial charge on any atom is -0.325 e. The third-order valence-electron chi connectivity index (χ3n) is 3.02. The Balaban J connectivity index is 2.08. The number of nitrogens with zero attached hydrogens (tertiary/aromatic N) is 1. The lowest BCUT2D eigenvalue weighted by Gasteiger charge is -2.17. The second-order valence-corrected chi connectivity index (χ2v) is 7.61. The van der Waals surface area contributed by atoms with Crippen molar-refractivity contribution in [2.75, 3.05) is 18.9 Å². The standard InChI is InChI=1S/C15H14BrFN2O3S/c1-19(23(21,22)14-5-3-2-4-13(14)16)10-15(20)18-12-8-6-11(17)7-9-12/h2-9H,10H2,1H3,(H,18,20). The summed E-state index contributed by atoms with van der Waals surface area (Å²) in [7, 11) is -2.48. The molecule has 0 saturated heterocycles. The maximum Gasteiger partial charge on any atom is 0.244 e. The van der Waals surface area contributed by atoms with E-state index in [1.807, 2.05) is 0 Å². The third-order valence-corrected chi connectivity index (χ3v) is 5.83. The molecule has 0 fully saturated rings. The molecule has 2 rings (SSSR count). The molecule has 0 unspecified atom stereocenters. The van der Waals surface area contributed by atoms with Crippen LogP contribution < -0.4 is 5.32 Å². The average Bonchev–Trinajstić information content (AvgIpc) is 2.49. The third kappa shape index (κ3) is 4.37. The summed E-state index contributed by atoms with van der Waals surface area (Å²) in [5, 5.41) is 2.51. The summed E-state index contributed by atoms with van der Waals surface area (Å²) in [4.78, 5) is 12.0. The van der Waals surface area contributed by atoms with Crippen LogP contribution in [0.4, 0.5) is 10.1 Å². The van der Waals surface area contributed by atoms with Gasteiger partial charge in [-0.25, -0.2) is 12.8 Å². The molecule has 0 saturated carbocycles. The quantitative estimate of drug-likeness (QED) is 0.838. The van der Waals surface area contributed by atoms with Gasteiger partial charge in [-0.1, -0.05) is 12.1 Å². The van der Waals surface area contributed by atoms with Crippen molar-refractivity contribution in [1.29, 1.82) is 0 Å². The van der Waals surface area contributed by atoms with Gasteiger partial charge in [0.25, 0.3) is 0 Å². The van der Waals surface area contributed by atoms with Crippen molar-refractivity contribution in [2.24, 2.45) is 0 Å². The first-order chi connectivity index (χ1) is 10.8. The monoisotopic (exact) mass is 400 g/mol. The topological polar surface area (TPSA) is 66.5 Å². The van der Waals surface area contributed by atoms with Crippen molar-refractivity contribution in [3.63, 3.8) is 0 Å². The normalized spacial score (nSPS) is 11.5. The molecular weight excluding hydrogens is 387 g/mol. The summed E-state index contributed by atoms with van der Waals surface area (Å²) in [6.07, 6.45) is 0. The van der Waals surface area contributed by atoms with E-state index in [2.05, 4.69) is 21.2 Å². The lowest BCUT2D eigenvalue weighted by molar-refractivity contribution is -0.116.